The molecule has 6 heteroatoms. The van der Waals surface area contributed by atoms with Gasteiger partial charge in [0.1, 0.15) is 0 Å². The van der Waals surface area contributed by atoms with Gasteiger partial charge in [-0.1, -0.05) is 5.16 Å². The van der Waals surface area contributed by atoms with E-state index < -0.39 is 0 Å². The summed E-state index contributed by atoms with van der Waals surface area (Å²) in [6.07, 6.45) is 0.937. The molecule has 22 heavy (non-hydrogen) atoms. The van der Waals surface area contributed by atoms with Crippen molar-refractivity contribution in [3.8, 4) is 23.0 Å². The molecule has 1 aromatic carbocycles. The zero-order valence-electron chi connectivity index (χ0n) is 12.9. The van der Waals surface area contributed by atoms with Crippen molar-refractivity contribution in [2.75, 3.05) is 26.4 Å². The Balaban J connectivity index is 1.85. The number of benzene rings is 1. The number of aromatic nitrogens is 2. The summed E-state index contributed by atoms with van der Waals surface area (Å²) in [6.45, 7) is 6.45. The molecule has 2 aromatic rings. The number of ether oxygens (including phenoxy) is 3. The van der Waals surface area contributed by atoms with E-state index in [1.165, 1.54) is 0 Å². The molecule has 1 aromatic heterocycles. The summed E-state index contributed by atoms with van der Waals surface area (Å²) in [7, 11) is 0. The van der Waals surface area contributed by atoms with Crippen LogP contribution in [0, 0.1) is 0 Å². The molecule has 1 aliphatic rings. The lowest BCUT2D eigenvalue weighted by Crippen LogP contribution is -2.00. The zero-order valence-corrected chi connectivity index (χ0v) is 12.9. The van der Waals surface area contributed by atoms with E-state index in [9.17, 15) is 0 Å². The van der Waals surface area contributed by atoms with Crippen molar-refractivity contribution in [3.63, 3.8) is 0 Å². The summed E-state index contributed by atoms with van der Waals surface area (Å²) >= 11 is 0. The first-order valence-corrected chi connectivity index (χ1v) is 7.63. The molecule has 0 radical (unpaired) electrons. The van der Waals surface area contributed by atoms with Gasteiger partial charge in [0.15, 0.2) is 17.3 Å². The Morgan fingerprint density at radius 2 is 2.00 bits per heavy atom. The Bertz CT molecular complexity index is 620. The summed E-state index contributed by atoms with van der Waals surface area (Å²) < 4.78 is 21.9. The van der Waals surface area contributed by atoms with Crippen LogP contribution in [0.25, 0.3) is 11.5 Å². The molecule has 1 saturated heterocycles. The van der Waals surface area contributed by atoms with Crippen LogP contribution in [0.1, 0.15) is 32.0 Å². The van der Waals surface area contributed by atoms with E-state index in [-0.39, 0.29) is 5.92 Å². The van der Waals surface area contributed by atoms with Crippen LogP contribution in [0.15, 0.2) is 22.7 Å². The zero-order chi connectivity index (χ0) is 15.4. The first-order valence-electron chi connectivity index (χ1n) is 7.63. The SMILES string of the molecule is CCOc1ccc(-c2nc([C@H]3CCOC3)no2)cc1OCC. The quantitative estimate of drug-likeness (QED) is 0.817. The fourth-order valence-electron chi connectivity index (χ4n) is 2.44. The van der Waals surface area contributed by atoms with Crippen LogP contribution in [-0.2, 0) is 4.74 Å². The Labute approximate surface area is 129 Å². The molecule has 1 atom stereocenters. The molecule has 0 aliphatic carbocycles. The first kappa shape index (κ1) is 14.8. The summed E-state index contributed by atoms with van der Waals surface area (Å²) in [4.78, 5) is 4.49. The smallest absolute Gasteiger partial charge is 0.258 e. The monoisotopic (exact) mass is 304 g/mol. The third-order valence-electron chi connectivity index (χ3n) is 3.53. The third-order valence-corrected chi connectivity index (χ3v) is 3.53. The standard InChI is InChI=1S/C16H20N2O4/c1-3-20-13-6-5-11(9-14(13)21-4-2)16-17-15(18-22-16)12-7-8-19-10-12/h5-6,9,12H,3-4,7-8,10H2,1-2H3/t12-/m0/s1. The van der Waals surface area contributed by atoms with Gasteiger partial charge in [-0.2, -0.15) is 4.98 Å². The molecule has 6 nitrogen and oxygen atoms in total. The van der Waals surface area contributed by atoms with Gasteiger partial charge >= 0.3 is 0 Å². The second-order valence-electron chi connectivity index (χ2n) is 5.05. The highest BCUT2D eigenvalue weighted by molar-refractivity contribution is 5.59. The highest BCUT2D eigenvalue weighted by Crippen LogP contribution is 2.33. The predicted octanol–water partition coefficient (Wildman–Crippen LogP) is 3.04. The number of hydrogen-bond donors (Lipinski definition) is 0. The van der Waals surface area contributed by atoms with Crippen molar-refractivity contribution in [1.82, 2.24) is 10.1 Å². The summed E-state index contributed by atoms with van der Waals surface area (Å²) in [5.41, 5.74) is 0.824. The minimum absolute atomic E-state index is 0.228. The molecular formula is C16H20N2O4. The highest BCUT2D eigenvalue weighted by Gasteiger charge is 2.23. The van der Waals surface area contributed by atoms with Crippen LogP contribution in [0.5, 0.6) is 11.5 Å². The van der Waals surface area contributed by atoms with Crippen LogP contribution in [0.2, 0.25) is 0 Å². The second kappa shape index (κ2) is 6.79. The maximum absolute atomic E-state index is 5.62. The number of rotatable bonds is 6. The van der Waals surface area contributed by atoms with Crippen molar-refractivity contribution in [1.29, 1.82) is 0 Å². The fraction of sp³-hybridized carbons (Fsp3) is 0.500. The van der Waals surface area contributed by atoms with Gasteiger partial charge in [0.05, 0.1) is 19.8 Å². The van der Waals surface area contributed by atoms with Crippen molar-refractivity contribution < 1.29 is 18.7 Å². The summed E-state index contributed by atoms with van der Waals surface area (Å²) in [5, 5.41) is 4.07. The molecule has 0 saturated carbocycles. The van der Waals surface area contributed by atoms with E-state index >= 15 is 0 Å². The van der Waals surface area contributed by atoms with Gasteiger partial charge in [0.2, 0.25) is 0 Å². The third kappa shape index (κ3) is 3.06. The molecule has 0 spiro atoms. The van der Waals surface area contributed by atoms with Crippen molar-refractivity contribution in [3.05, 3.63) is 24.0 Å². The predicted molar refractivity (Wildman–Crippen MR) is 80.2 cm³/mol. The topological polar surface area (TPSA) is 66.6 Å². The summed E-state index contributed by atoms with van der Waals surface area (Å²) in [5.74, 6) is 2.83. The van der Waals surface area contributed by atoms with Crippen LogP contribution in [0.4, 0.5) is 0 Å². The van der Waals surface area contributed by atoms with Gasteiger partial charge in [-0.15, -0.1) is 0 Å². The van der Waals surface area contributed by atoms with Gasteiger partial charge < -0.3 is 18.7 Å². The minimum Gasteiger partial charge on any atom is -0.490 e. The molecule has 0 N–H and O–H groups in total. The van der Waals surface area contributed by atoms with E-state index in [2.05, 4.69) is 10.1 Å². The van der Waals surface area contributed by atoms with Crippen molar-refractivity contribution >= 4 is 0 Å². The highest BCUT2D eigenvalue weighted by atomic mass is 16.5. The Hall–Kier alpha value is -2.08. The minimum atomic E-state index is 0.228. The Morgan fingerprint density at radius 1 is 1.18 bits per heavy atom. The van der Waals surface area contributed by atoms with Crippen LogP contribution >= 0.6 is 0 Å². The van der Waals surface area contributed by atoms with E-state index in [4.69, 9.17) is 18.7 Å². The largest absolute Gasteiger partial charge is 0.490 e. The van der Waals surface area contributed by atoms with E-state index in [1.54, 1.807) is 0 Å². The maximum atomic E-state index is 5.62. The normalized spacial score (nSPS) is 17.6. The van der Waals surface area contributed by atoms with E-state index in [0.717, 1.165) is 24.3 Å². The van der Waals surface area contributed by atoms with Crippen LogP contribution < -0.4 is 9.47 Å². The Morgan fingerprint density at radius 3 is 2.73 bits per heavy atom. The molecule has 1 fully saturated rings. The first-order chi connectivity index (χ1) is 10.8. The van der Waals surface area contributed by atoms with E-state index in [0.29, 0.717) is 37.3 Å². The summed E-state index contributed by atoms with van der Waals surface area (Å²) in [6, 6.07) is 5.64. The van der Waals surface area contributed by atoms with Gasteiger partial charge in [-0.05, 0) is 38.5 Å². The van der Waals surface area contributed by atoms with Crippen molar-refractivity contribution in [2.24, 2.45) is 0 Å². The lowest BCUT2D eigenvalue weighted by molar-refractivity contribution is 0.192. The average molecular weight is 304 g/mol. The van der Waals surface area contributed by atoms with Crippen molar-refractivity contribution in [2.45, 2.75) is 26.2 Å². The van der Waals surface area contributed by atoms with Crippen LogP contribution in [-0.4, -0.2) is 36.6 Å². The van der Waals surface area contributed by atoms with Gasteiger partial charge in [-0.3, -0.25) is 0 Å². The average Bonchev–Trinajstić information content (AvgIpc) is 3.20. The second-order valence-corrected chi connectivity index (χ2v) is 5.05. The van der Waals surface area contributed by atoms with Gasteiger partial charge in [0, 0.05) is 18.1 Å². The molecular weight excluding hydrogens is 284 g/mol. The molecule has 118 valence electrons. The maximum Gasteiger partial charge on any atom is 0.258 e. The molecule has 0 unspecified atom stereocenters. The van der Waals surface area contributed by atoms with E-state index in [1.807, 2.05) is 32.0 Å². The fourth-order valence-corrected chi connectivity index (χ4v) is 2.44. The lowest BCUT2D eigenvalue weighted by Gasteiger charge is -2.11. The molecule has 3 rings (SSSR count). The van der Waals surface area contributed by atoms with Gasteiger partial charge in [0.25, 0.3) is 5.89 Å². The molecule has 2 heterocycles. The van der Waals surface area contributed by atoms with Gasteiger partial charge in [-0.25, -0.2) is 0 Å². The lowest BCUT2D eigenvalue weighted by atomic mass is 10.1. The number of hydrogen-bond acceptors (Lipinski definition) is 6. The molecule has 0 bridgehead atoms. The molecule has 0 amide bonds. The van der Waals surface area contributed by atoms with Crippen LogP contribution in [0.3, 0.4) is 0 Å². The Kier molecular flexibility index (Phi) is 4.58. The number of nitrogens with zero attached hydrogens (tertiary/aromatic N) is 2. The molecule has 1 aliphatic heterocycles.